The van der Waals surface area contributed by atoms with Crippen molar-refractivity contribution in [2.24, 2.45) is 4.99 Å². The van der Waals surface area contributed by atoms with Crippen LogP contribution in [-0.4, -0.2) is 22.6 Å². The number of amidine groups is 1. The van der Waals surface area contributed by atoms with Crippen molar-refractivity contribution in [3.05, 3.63) is 97.9 Å². The predicted molar refractivity (Wildman–Crippen MR) is 137 cm³/mol. The number of aliphatic imine (C=N–C) groups is 1. The van der Waals surface area contributed by atoms with E-state index < -0.39 is 4.92 Å². The number of carbonyl (C=O) groups excluding carboxylic acids is 1. The van der Waals surface area contributed by atoms with Crippen LogP contribution in [0.5, 0.6) is 11.5 Å². The zero-order valence-corrected chi connectivity index (χ0v) is 20.1. The van der Waals surface area contributed by atoms with Gasteiger partial charge in [-0.1, -0.05) is 29.8 Å². The second kappa shape index (κ2) is 11.1. The average Bonchev–Trinajstić information content (AvgIpc) is 3.19. The van der Waals surface area contributed by atoms with Crippen LogP contribution in [0.4, 0.5) is 11.4 Å². The fourth-order valence-corrected chi connectivity index (χ4v) is 4.17. The van der Waals surface area contributed by atoms with Gasteiger partial charge in [0.15, 0.2) is 16.7 Å². The van der Waals surface area contributed by atoms with Gasteiger partial charge in [0.1, 0.15) is 6.61 Å². The largest absolute Gasteiger partial charge is 0.490 e. The van der Waals surface area contributed by atoms with Crippen LogP contribution in [0.15, 0.2) is 76.6 Å². The number of ether oxygens (including phenoxy) is 2. The van der Waals surface area contributed by atoms with Crippen molar-refractivity contribution in [3.8, 4) is 11.5 Å². The van der Waals surface area contributed by atoms with Crippen LogP contribution >= 0.6 is 23.4 Å². The minimum absolute atomic E-state index is 0.0232. The normalized spacial score (nSPS) is 15.3. The highest BCUT2D eigenvalue weighted by molar-refractivity contribution is 8.18. The third-order valence-corrected chi connectivity index (χ3v) is 6.06. The van der Waals surface area contributed by atoms with Crippen molar-refractivity contribution in [3.63, 3.8) is 0 Å². The molecule has 35 heavy (non-hydrogen) atoms. The number of hydrogen-bond acceptors (Lipinski definition) is 7. The summed E-state index contributed by atoms with van der Waals surface area (Å²) >= 11 is 7.38. The fourth-order valence-electron chi connectivity index (χ4n) is 3.16. The molecule has 0 aliphatic carbocycles. The number of thioether (sulfide) groups is 1. The summed E-state index contributed by atoms with van der Waals surface area (Å²) in [5, 5.41) is 14.5. The Bertz CT molecular complexity index is 1320. The Labute approximate surface area is 210 Å². The van der Waals surface area contributed by atoms with Crippen LogP contribution < -0.4 is 14.8 Å². The first-order valence-corrected chi connectivity index (χ1v) is 11.8. The molecule has 1 fully saturated rings. The molecular formula is C25H20ClN3O5S. The summed E-state index contributed by atoms with van der Waals surface area (Å²) in [5.74, 6) is 0.797. The minimum Gasteiger partial charge on any atom is -0.490 e. The lowest BCUT2D eigenvalue weighted by molar-refractivity contribution is -0.384. The summed E-state index contributed by atoms with van der Waals surface area (Å²) in [6.45, 7) is 2.51. The first kappa shape index (κ1) is 24.3. The van der Waals surface area contributed by atoms with E-state index in [2.05, 4.69) is 10.3 Å². The van der Waals surface area contributed by atoms with Crippen molar-refractivity contribution in [2.75, 3.05) is 6.61 Å². The highest BCUT2D eigenvalue weighted by Crippen LogP contribution is 2.34. The quantitative estimate of drug-likeness (QED) is 0.223. The molecule has 1 aliphatic heterocycles. The van der Waals surface area contributed by atoms with E-state index in [0.29, 0.717) is 38.9 Å². The summed E-state index contributed by atoms with van der Waals surface area (Å²) in [7, 11) is 0. The number of hydrogen-bond donors (Lipinski definition) is 1. The number of nitro benzene ring substituents is 1. The summed E-state index contributed by atoms with van der Waals surface area (Å²) in [4.78, 5) is 27.7. The van der Waals surface area contributed by atoms with Gasteiger partial charge in [0, 0.05) is 12.1 Å². The highest BCUT2D eigenvalue weighted by Gasteiger charge is 2.24. The molecular weight excluding hydrogens is 490 g/mol. The maximum atomic E-state index is 12.5. The van der Waals surface area contributed by atoms with Gasteiger partial charge < -0.3 is 14.8 Å². The fraction of sp³-hybridized carbons (Fsp3) is 0.120. The zero-order valence-electron chi connectivity index (χ0n) is 18.6. The average molecular weight is 510 g/mol. The van der Waals surface area contributed by atoms with E-state index in [1.54, 1.807) is 42.5 Å². The number of non-ortho nitro benzene ring substituents is 1. The van der Waals surface area contributed by atoms with Gasteiger partial charge in [-0.15, -0.1) is 0 Å². The van der Waals surface area contributed by atoms with Crippen LogP contribution in [0.3, 0.4) is 0 Å². The van der Waals surface area contributed by atoms with Gasteiger partial charge in [-0.3, -0.25) is 14.9 Å². The molecule has 0 unspecified atom stereocenters. The van der Waals surface area contributed by atoms with Crippen LogP contribution in [0.25, 0.3) is 6.08 Å². The Morgan fingerprint density at radius 2 is 1.86 bits per heavy atom. The molecule has 1 amide bonds. The van der Waals surface area contributed by atoms with Crippen molar-refractivity contribution in [2.45, 2.75) is 13.5 Å². The van der Waals surface area contributed by atoms with Crippen LogP contribution in [0, 0.1) is 10.1 Å². The SMILES string of the molecule is CCOc1cc(C=C2SC(=Nc3ccccc3Cl)NC2=O)ccc1OCc1ccc([N+](=O)[O-])cc1. The number of para-hydroxylation sites is 1. The molecule has 3 aromatic carbocycles. The van der Waals surface area contributed by atoms with Crippen molar-refractivity contribution in [1.82, 2.24) is 5.32 Å². The minimum atomic E-state index is -0.445. The van der Waals surface area contributed by atoms with E-state index in [1.807, 2.05) is 25.1 Å². The number of carbonyl (C=O) groups is 1. The Balaban J connectivity index is 1.49. The first-order valence-electron chi connectivity index (χ1n) is 10.6. The molecule has 178 valence electrons. The molecule has 1 heterocycles. The molecule has 1 aliphatic rings. The molecule has 3 aromatic rings. The number of nitrogens with one attached hydrogen (secondary N) is 1. The summed E-state index contributed by atoms with van der Waals surface area (Å²) in [6.07, 6.45) is 1.75. The van der Waals surface area contributed by atoms with Crippen molar-refractivity contribution >= 4 is 51.9 Å². The van der Waals surface area contributed by atoms with E-state index in [1.165, 1.54) is 23.9 Å². The van der Waals surface area contributed by atoms with Crippen molar-refractivity contribution in [1.29, 1.82) is 0 Å². The van der Waals surface area contributed by atoms with E-state index in [4.69, 9.17) is 21.1 Å². The number of halogens is 1. The molecule has 8 nitrogen and oxygen atoms in total. The molecule has 10 heteroatoms. The lowest BCUT2D eigenvalue weighted by Gasteiger charge is -2.13. The maximum absolute atomic E-state index is 12.5. The lowest BCUT2D eigenvalue weighted by Crippen LogP contribution is -2.19. The Hall–Kier alpha value is -3.82. The summed E-state index contributed by atoms with van der Waals surface area (Å²) < 4.78 is 11.6. The monoisotopic (exact) mass is 509 g/mol. The van der Waals surface area contributed by atoms with Crippen LogP contribution in [-0.2, 0) is 11.4 Å². The number of rotatable bonds is 8. The van der Waals surface area contributed by atoms with Gasteiger partial charge >= 0.3 is 0 Å². The van der Waals surface area contributed by atoms with E-state index in [0.717, 1.165) is 11.1 Å². The standard InChI is InChI=1S/C25H20ClN3O5S/c1-2-33-22-13-17(9-12-21(22)34-15-16-7-10-18(11-8-16)29(31)32)14-23-24(30)28-25(35-23)27-20-6-4-3-5-19(20)26/h3-14H,2,15H2,1H3,(H,27,28,30). The summed E-state index contributed by atoms with van der Waals surface area (Å²) in [5.41, 5.74) is 2.14. The Morgan fingerprint density at radius 1 is 1.09 bits per heavy atom. The predicted octanol–water partition coefficient (Wildman–Crippen LogP) is 6.12. The molecule has 1 N–H and O–H groups in total. The molecule has 1 saturated heterocycles. The molecule has 0 bridgehead atoms. The molecule has 0 aromatic heterocycles. The Kier molecular flexibility index (Phi) is 7.69. The number of nitro groups is 1. The molecule has 0 radical (unpaired) electrons. The molecule has 0 spiro atoms. The molecule has 4 rings (SSSR count). The van der Waals surface area contributed by atoms with E-state index in [9.17, 15) is 14.9 Å². The topological polar surface area (TPSA) is 103 Å². The summed E-state index contributed by atoms with van der Waals surface area (Å²) in [6, 6.07) is 18.7. The first-order chi connectivity index (χ1) is 16.9. The van der Waals surface area contributed by atoms with E-state index >= 15 is 0 Å². The smallest absolute Gasteiger partial charge is 0.269 e. The van der Waals surface area contributed by atoms with Crippen molar-refractivity contribution < 1.29 is 19.2 Å². The third-order valence-electron chi connectivity index (χ3n) is 4.83. The third kappa shape index (κ3) is 6.20. The Morgan fingerprint density at radius 3 is 2.57 bits per heavy atom. The second-order valence-corrected chi connectivity index (χ2v) is 8.72. The van der Waals surface area contributed by atoms with Gasteiger partial charge in [-0.05, 0) is 72.3 Å². The number of nitrogens with zero attached hydrogens (tertiary/aromatic N) is 2. The number of benzene rings is 3. The van der Waals surface area contributed by atoms with Gasteiger partial charge in [0.2, 0.25) is 0 Å². The zero-order chi connectivity index (χ0) is 24.8. The van der Waals surface area contributed by atoms with Gasteiger partial charge in [-0.25, -0.2) is 4.99 Å². The lowest BCUT2D eigenvalue weighted by atomic mass is 10.1. The second-order valence-electron chi connectivity index (χ2n) is 7.28. The maximum Gasteiger partial charge on any atom is 0.269 e. The number of amides is 1. The van der Waals surface area contributed by atoms with Crippen LogP contribution in [0.2, 0.25) is 5.02 Å². The molecule has 0 saturated carbocycles. The van der Waals surface area contributed by atoms with Gasteiger partial charge in [0.25, 0.3) is 11.6 Å². The van der Waals surface area contributed by atoms with Gasteiger partial charge in [0.05, 0.1) is 27.1 Å². The molecule has 0 atom stereocenters. The highest BCUT2D eigenvalue weighted by atomic mass is 35.5. The van der Waals surface area contributed by atoms with Gasteiger partial charge in [-0.2, -0.15) is 0 Å². The van der Waals surface area contributed by atoms with E-state index in [-0.39, 0.29) is 18.2 Å². The van der Waals surface area contributed by atoms with Crippen LogP contribution in [0.1, 0.15) is 18.1 Å².